The minimum absolute atomic E-state index is 0.230. The van der Waals surface area contributed by atoms with Crippen LogP contribution < -0.4 is 5.73 Å². The number of esters is 1. The van der Waals surface area contributed by atoms with Crippen LogP contribution in [0.4, 0.5) is 0 Å². The minimum Gasteiger partial charge on any atom is -0.435 e. The summed E-state index contributed by atoms with van der Waals surface area (Å²) in [4.78, 5) is 12.5. The van der Waals surface area contributed by atoms with Gasteiger partial charge in [0, 0.05) is 17.6 Å². The maximum absolute atomic E-state index is 12.5. The van der Waals surface area contributed by atoms with Crippen LogP contribution in [0.2, 0.25) is 0 Å². The molecule has 0 aliphatic rings. The van der Waals surface area contributed by atoms with Gasteiger partial charge in [-0.25, -0.2) is 0 Å². The van der Waals surface area contributed by atoms with E-state index in [9.17, 15) is 4.79 Å². The number of hydrogen-bond acceptors (Lipinski definition) is 4. The van der Waals surface area contributed by atoms with Gasteiger partial charge in [0.15, 0.2) is 0 Å². The predicted octanol–water partition coefficient (Wildman–Crippen LogP) is 3.48. The van der Waals surface area contributed by atoms with Crippen LogP contribution in [0.5, 0.6) is 0 Å². The van der Waals surface area contributed by atoms with Gasteiger partial charge in [-0.3, -0.25) is 4.79 Å². The van der Waals surface area contributed by atoms with Crippen molar-refractivity contribution < 1.29 is 14.3 Å². The summed E-state index contributed by atoms with van der Waals surface area (Å²) in [6.07, 6.45) is 0.736. The summed E-state index contributed by atoms with van der Waals surface area (Å²) in [5, 5.41) is 0. The molecule has 0 aromatic carbocycles. The van der Waals surface area contributed by atoms with Crippen LogP contribution in [0.15, 0.2) is 0 Å². The zero-order valence-electron chi connectivity index (χ0n) is 14.5. The third-order valence-electron chi connectivity index (χ3n) is 3.36. The van der Waals surface area contributed by atoms with Gasteiger partial charge >= 0.3 is 5.97 Å². The molecule has 0 saturated carbocycles. The molecule has 0 heterocycles. The Morgan fingerprint density at radius 3 is 1.90 bits per heavy atom. The summed E-state index contributed by atoms with van der Waals surface area (Å²) in [6.45, 7) is 16.2. The quantitative estimate of drug-likeness (QED) is 0.575. The van der Waals surface area contributed by atoms with Crippen LogP contribution in [0.25, 0.3) is 0 Å². The Hall–Kier alpha value is -0.610. The molecule has 0 radical (unpaired) electrons. The van der Waals surface area contributed by atoms with Gasteiger partial charge in [0.05, 0.1) is 5.41 Å². The van der Waals surface area contributed by atoms with Gasteiger partial charge in [0.2, 0.25) is 6.29 Å². The van der Waals surface area contributed by atoms with Gasteiger partial charge in [-0.05, 0) is 40.5 Å². The monoisotopic (exact) mass is 287 g/mol. The molecule has 0 aliphatic carbocycles. The van der Waals surface area contributed by atoms with Crippen LogP contribution in [-0.2, 0) is 14.3 Å². The Morgan fingerprint density at radius 1 is 1.10 bits per heavy atom. The molecule has 2 unspecified atom stereocenters. The van der Waals surface area contributed by atoms with Crippen molar-refractivity contribution in [2.24, 2.45) is 16.6 Å². The fraction of sp³-hybridized carbons (Fsp3) is 0.938. The number of ether oxygens (including phenoxy) is 2. The van der Waals surface area contributed by atoms with Crippen LogP contribution in [-0.4, -0.2) is 24.4 Å². The minimum atomic E-state index is -0.584. The van der Waals surface area contributed by atoms with Crippen LogP contribution in [0, 0.1) is 10.8 Å². The summed E-state index contributed by atoms with van der Waals surface area (Å²) in [6, 6.07) is 0. The fourth-order valence-corrected chi connectivity index (χ4v) is 2.20. The van der Waals surface area contributed by atoms with E-state index in [1.54, 1.807) is 0 Å². The van der Waals surface area contributed by atoms with E-state index in [0.717, 1.165) is 0 Å². The zero-order chi connectivity index (χ0) is 16.2. The Morgan fingerprint density at radius 2 is 1.60 bits per heavy atom. The van der Waals surface area contributed by atoms with E-state index in [4.69, 9.17) is 15.2 Å². The molecule has 2 atom stereocenters. The van der Waals surface area contributed by atoms with Gasteiger partial charge in [0.1, 0.15) is 0 Å². The molecule has 20 heavy (non-hydrogen) atoms. The van der Waals surface area contributed by atoms with Crippen molar-refractivity contribution in [2.75, 3.05) is 6.61 Å². The number of carbonyl (C=O) groups excluding carboxylic acids is 1. The highest BCUT2D eigenvalue weighted by atomic mass is 16.7. The number of nitrogens with two attached hydrogens (primary N) is 1. The second-order valence-corrected chi connectivity index (χ2v) is 7.64. The molecule has 0 aromatic heterocycles. The first-order valence-corrected chi connectivity index (χ1v) is 7.47. The van der Waals surface area contributed by atoms with Gasteiger partial charge in [0.25, 0.3) is 0 Å². The van der Waals surface area contributed by atoms with E-state index in [1.165, 1.54) is 0 Å². The molecule has 0 rings (SSSR count). The molecule has 2 N–H and O–H groups in total. The summed E-state index contributed by atoms with van der Waals surface area (Å²) >= 11 is 0. The van der Waals surface area contributed by atoms with E-state index < -0.39 is 17.2 Å². The number of carbonyl (C=O) groups is 1. The SMILES string of the molecule is CCOC(OC(=O)C(C)(CC)CC(C)(C)N)C(C)(C)C. The molecule has 0 bridgehead atoms. The largest absolute Gasteiger partial charge is 0.435 e. The molecule has 0 saturated heterocycles. The number of rotatable bonds is 7. The Labute approximate surface area is 124 Å². The highest BCUT2D eigenvalue weighted by molar-refractivity contribution is 5.76. The second-order valence-electron chi connectivity index (χ2n) is 7.64. The standard InChI is InChI=1S/C16H33NO3/c1-9-16(8,11-15(6,7)17)12(18)20-13(19-10-2)14(3,4)5/h13H,9-11,17H2,1-8H3. The zero-order valence-corrected chi connectivity index (χ0v) is 14.5. The van der Waals surface area contributed by atoms with Gasteiger partial charge in [-0.2, -0.15) is 0 Å². The lowest BCUT2D eigenvalue weighted by atomic mass is 9.77. The third kappa shape index (κ3) is 6.23. The maximum atomic E-state index is 12.5. The Balaban J connectivity index is 5.01. The first-order valence-electron chi connectivity index (χ1n) is 7.47. The van der Waals surface area contributed by atoms with Crippen molar-refractivity contribution in [1.29, 1.82) is 0 Å². The second kappa shape index (κ2) is 6.90. The molecular formula is C16H33NO3. The summed E-state index contributed by atoms with van der Waals surface area (Å²) in [5.74, 6) is -0.230. The molecule has 0 amide bonds. The molecule has 0 aliphatic heterocycles. The van der Waals surface area contributed by atoms with Crippen LogP contribution in [0.3, 0.4) is 0 Å². The average molecular weight is 287 g/mol. The molecule has 0 aromatic rings. The molecule has 0 spiro atoms. The van der Waals surface area contributed by atoms with Crippen molar-refractivity contribution in [2.45, 2.75) is 80.1 Å². The normalized spacial score (nSPS) is 17.4. The molecule has 120 valence electrons. The lowest BCUT2D eigenvalue weighted by molar-refractivity contribution is -0.212. The van der Waals surface area contributed by atoms with Crippen molar-refractivity contribution in [3.8, 4) is 0 Å². The lowest BCUT2D eigenvalue weighted by Gasteiger charge is -2.36. The Bertz CT molecular complexity index is 315. The third-order valence-corrected chi connectivity index (χ3v) is 3.36. The molecular weight excluding hydrogens is 254 g/mol. The van der Waals surface area contributed by atoms with Crippen molar-refractivity contribution in [3.05, 3.63) is 0 Å². The van der Waals surface area contributed by atoms with E-state index >= 15 is 0 Å². The highest BCUT2D eigenvalue weighted by Gasteiger charge is 2.40. The smallest absolute Gasteiger partial charge is 0.314 e. The van der Waals surface area contributed by atoms with Crippen LogP contribution >= 0.6 is 0 Å². The molecule has 0 fully saturated rings. The summed E-state index contributed by atoms with van der Waals surface area (Å²) in [5.41, 5.74) is 4.83. The van der Waals surface area contributed by atoms with E-state index in [-0.39, 0.29) is 11.4 Å². The van der Waals surface area contributed by atoms with Crippen molar-refractivity contribution in [1.82, 2.24) is 0 Å². The molecule has 4 nitrogen and oxygen atoms in total. The highest BCUT2D eigenvalue weighted by Crippen LogP contribution is 2.34. The van der Waals surface area contributed by atoms with Crippen LogP contribution in [0.1, 0.15) is 68.2 Å². The first kappa shape index (κ1) is 19.4. The molecule has 4 heteroatoms. The maximum Gasteiger partial charge on any atom is 0.314 e. The van der Waals surface area contributed by atoms with Gasteiger partial charge in [-0.1, -0.05) is 27.7 Å². The summed E-state index contributed by atoms with van der Waals surface area (Å²) in [7, 11) is 0. The van der Waals surface area contributed by atoms with Crippen molar-refractivity contribution in [3.63, 3.8) is 0 Å². The van der Waals surface area contributed by atoms with Gasteiger partial charge in [-0.15, -0.1) is 0 Å². The van der Waals surface area contributed by atoms with Gasteiger partial charge < -0.3 is 15.2 Å². The van der Waals surface area contributed by atoms with E-state index in [2.05, 4.69) is 0 Å². The van der Waals surface area contributed by atoms with Crippen molar-refractivity contribution >= 4 is 5.97 Å². The number of hydrogen-bond donors (Lipinski definition) is 1. The van der Waals surface area contributed by atoms with E-state index in [0.29, 0.717) is 19.4 Å². The van der Waals surface area contributed by atoms with E-state index in [1.807, 2.05) is 55.4 Å². The summed E-state index contributed by atoms with van der Waals surface area (Å²) < 4.78 is 11.2. The average Bonchev–Trinajstić information content (AvgIpc) is 2.24. The lowest BCUT2D eigenvalue weighted by Crippen LogP contribution is -2.45. The predicted molar refractivity (Wildman–Crippen MR) is 82.2 cm³/mol. The Kier molecular flexibility index (Phi) is 6.69. The topological polar surface area (TPSA) is 61.5 Å². The first-order chi connectivity index (χ1) is 8.85. The fourth-order valence-electron chi connectivity index (χ4n) is 2.20.